The van der Waals surface area contributed by atoms with Crippen LogP contribution in [0.25, 0.3) is 0 Å². The molecule has 3 aromatic carbocycles. The van der Waals surface area contributed by atoms with Crippen molar-refractivity contribution in [2.45, 2.75) is 37.2 Å². The SMILES string of the molecule is CCOCCCNC(=O)[C@H](Cc1ccccc1)N(Cc1ccc(Cl)cc1)C(=O)COc1ccc(S(=O)(=O)N2CCOCC2)cc1. The van der Waals surface area contributed by atoms with E-state index >= 15 is 0 Å². The third-order valence-electron chi connectivity index (χ3n) is 7.30. The van der Waals surface area contributed by atoms with Crippen LogP contribution in [0, 0.1) is 0 Å². The standard InChI is InChI=1S/C33H40ClN3O7S/c1-2-42-20-6-17-35-33(39)31(23-26-7-4-3-5-8-26)37(24-27-9-11-28(34)12-10-27)32(38)25-44-29-13-15-30(16-14-29)45(40,41)36-18-21-43-22-19-36/h3-5,7-16,31H,2,6,17-25H2,1H3,(H,35,39)/t31-/m0/s1. The average Bonchev–Trinajstić information content (AvgIpc) is 3.07. The van der Waals surface area contributed by atoms with Gasteiger partial charge in [-0.05, 0) is 60.9 Å². The molecule has 3 aromatic rings. The Hall–Kier alpha value is -3.48. The Morgan fingerprint density at radius 3 is 2.33 bits per heavy atom. The van der Waals surface area contributed by atoms with Crippen LogP contribution >= 0.6 is 11.6 Å². The summed E-state index contributed by atoms with van der Waals surface area (Å²) >= 11 is 6.10. The highest BCUT2D eigenvalue weighted by atomic mass is 35.5. The number of benzene rings is 3. The number of carbonyl (C=O) groups is 2. The summed E-state index contributed by atoms with van der Waals surface area (Å²) in [6, 6.07) is 21.8. The Balaban J connectivity index is 1.52. The highest BCUT2D eigenvalue weighted by Crippen LogP contribution is 2.22. The van der Waals surface area contributed by atoms with Gasteiger partial charge in [0.1, 0.15) is 11.8 Å². The quantitative estimate of drug-likeness (QED) is 0.232. The molecule has 2 amide bonds. The Labute approximate surface area is 270 Å². The lowest BCUT2D eigenvalue weighted by molar-refractivity contribution is -0.142. The van der Waals surface area contributed by atoms with Crippen molar-refractivity contribution in [3.8, 4) is 5.75 Å². The number of nitrogens with zero attached hydrogens (tertiary/aromatic N) is 2. The predicted octanol–water partition coefficient (Wildman–Crippen LogP) is 3.92. The van der Waals surface area contributed by atoms with Crippen LogP contribution in [-0.2, 0) is 42.1 Å². The Morgan fingerprint density at radius 1 is 0.978 bits per heavy atom. The van der Waals surface area contributed by atoms with Crippen LogP contribution in [0.15, 0.2) is 83.8 Å². The van der Waals surface area contributed by atoms with Crippen LogP contribution in [-0.4, -0.2) is 88.1 Å². The van der Waals surface area contributed by atoms with Gasteiger partial charge in [0.15, 0.2) is 6.61 Å². The molecule has 10 nitrogen and oxygen atoms in total. The zero-order chi connectivity index (χ0) is 32.1. The molecule has 242 valence electrons. The van der Waals surface area contributed by atoms with E-state index in [1.165, 1.54) is 33.5 Å². The fourth-order valence-corrected chi connectivity index (χ4v) is 6.39. The van der Waals surface area contributed by atoms with Crippen molar-refractivity contribution in [1.82, 2.24) is 14.5 Å². The monoisotopic (exact) mass is 657 g/mol. The average molecular weight is 658 g/mol. The second kappa shape index (κ2) is 17.3. The normalized spacial score (nSPS) is 14.4. The first-order chi connectivity index (χ1) is 21.8. The van der Waals surface area contributed by atoms with Gasteiger partial charge in [-0.3, -0.25) is 9.59 Å². The Kier molecular flexibility index (Phi) is 13.2. The largest absolute Gasteiger partial charge is 0.484 e. The number of morpholine rings is 1. The maximum atomic E-state index is 13.8. The van der Waals surface area contributed by atoms with Crippen molar-refractivity contribution >= 4 is 33.4 Å². The third-order valence-corrected chi connectivity index (χ3v) is 9.46. The van der Waals surface area contributed by atoms with Gasteiger partial charge in [0, 0.05) is 50.8 Å². The van der Waals surface area contributed by atoms with Crippen LogP contribution in [0.5, 0.6) is 5.75 Å². The van der Waals surface area contributed by atoms with E-state index in [0.717, 1.165) is 11.1 Å². The van der Waals surface area contributed by atoms with Crippen molar-refractivity contribution in [3.05, 3.63) is 95.0 Å². The Morgan fingerprint density at radius 2 is 1.67 bits per heavy atom. The van der Waals surface area contributed by atoms with Crippen LogP contribution in [0.1, 0.15) is 24.5 Å². The van der Waals surface area contributed by atoms with Gasteiger partial charge in [-0.25, -0.2) is 8.42 Å². The molecule has 0 spiro atoms. The summed E-state index contributed by atoms with van der Waals surface area (Å²) in [5.41, 5.74) is 1.70. The molecular weight excluding hydrogens is 618 g/mol. The van der Waals surface area contributed by atoms with Gasteiger partial charge in [-0.1, -0.05) is 54.1 Å². The number of hydrogen-bond donors (Lipinski definition) is 1. The molecule has 0 saturated carbocycles. The minimum atomic E-state index is -3.66. The lowest BCUT2D eigenvalue weighted by atomic mass is 10.0. The van der Waals surface area contributed by atoms with Crippen molar-refractivity contribution in [1.29, 1.82) is 0 Å². The fraction of sp³-hybridized carbons (Fsp3) is 0.394. The van der Waals surface area contributed by atoms with E-state index in [4.69, 9.17) is 25.8 Å². The first-order valence-corrected chi connectivity index (χ1v) is 16.8. The highest BCUT2D eigenvalue weighted by Gasteiger charge is 2.31. The number of sulfonamides is 1. The maximum absolute atomic E-state index is 13.8. The number of carbonyl (C=O) groups excluding carboxylic acids is 2. The second-order valence-corrected chi connectivity index (χ2v) is 12.8. The van der Waals surface area contributed by atoms with Crippen molar-refractivity contribution in [2.24, 2.45) is 0 Å². The molecular formula is C33H40ClN3O7S. The first-order valence-electron chi connectivity index (χ1n) is 15.0. The van der Waals surface area contributed by atoms with E-state index in [-0.39, 0.29) is 24.0 Å². The minimum Gasteiger partial charge on any atom is -0.484 e. The number of rotatable bonds is 16. The summed E-state index contributed by atoms with van der Waals surface area (Å²) in [6.07, 6.45) is 0.939. The molecule has 12 heteroatoms. The molecule has 45 heavy (non-hydrogen) atoms. The fourth-order valence-electron chi connectivity index (χ4n) is 4.86. The minimum absolute atomic E-state index is 0.136. The molecule has 0 bridgehead atoms. The molecule has 1 fully saturated rings. The van der Waals surface area contributed by atoms with Gasteiger partial charge in [-0.15, -0.1) is 0 Å². The molecule has 1 atom stereocenters. The van der Waals surface area contributed by atoms with Gasteiger partial charge in [-0.2, -0.15) is 4.31 Å². The second-order valence-electron chi connectivity index (χ2n) is 10.5. The predicted molar refractivity (Wildman–Crippen MR) is 172 cm³/mol. The number of hydrogen-bond acceptors (Lipinski definition) is 7. The summed E-state index contributed by atoms with van der Waals surface area (Å²) < 4.78 is 43.8. The summed E-state index contributed by atoms with van der Waals surface area (Å²) in [5, 5.41) is 3.53. The van der Waals surface area contributed by atoms with Gasteiger partial charge in [0.25, 0.3) is 5.91 Å². The van der Waals surface area contributed by atoms with Gasteiger partial charge in [0.05, 0.1) is 18.1 Å². The van der Waals surface area contributed by atoms with E-state index in [2.05, 4.69) is 5.32 Å². The number of amides is 2. The first kappa shape index (κ1) is 34.4. The topological polar surface area (TPSA) is 114 Å². The highest BCUT2D eigenvalue weighted by molar-refractivity contribution is 7.89. The summed E-state index contributed by atoms with van der Waals surface area (Å²) in [4.78, 5) is 29.1. The Bertz CT molecular complexity index is 1470. The molecule has 0 unspecified atom stereocenters. The molecule has 1 aliphatic heterocycles. The van der Waals surface area contributed by atoms with Gasteiger partial charge < -0.3 is 24.4 Å². The van der Waals surface area contributed by atoms with Crippen molar-refractivity contribution < 1.29 is 32.2 Å². The van der Waals surface area contributed by atoms with Crippen molar-refractivity contribution in [3.63, 3.8) is 0 Å². The summed E-state index contributed by atoms with van der Waals surface area (Å²) in [5.74, 6) is -0.355. The van der Waals surface area contributed by atoms with Crippen LogP contribution in [0.4, 0.5) is 0 Å². The zero-order valence-electron chi connectivity index (χ0n) is 25.4. The molecule has 1 saturated heterocycles. The smallest absolute Gasteiger partial charge is 0.261 e. The lowest BCUT2D eigenvalue weighted by Crippen LogP contribution is -2.51. The molecule has 1 N–H and O–H groups in total. The van der Waals surface area contributed by atoms with E-state index < -0.39 is 22.0 Å². The van der Waals surface area contributed by atoms with Gasteiger partial charge >= 0.3 is 0 Å². The molecule has 0 radical (unpaired) electrons. The number of nitrogens with one attached hydrogen (secondary N) is 1. The number of ether oxygens (including phenoxy) is 3. The lowest BCUT2D eigenvalue weighted by Gasteiger charge is -2.31. The van der Waals surface area contributed by atoms with Crippen LogP contribution in [0.2, 0.25) is 5.02 Å². The molecule has 0 aliphatic carbocycles. The zero-order valence-corrected chi connectivity index (χ0v) is 27.0. The number of halogens is 1. The van der Waals surface area contributed by atoms with Gasteiger partial charge in [0.2, 0.25) is 15.9 Å². The van der Waals surface area contributed by atoms with Crippen molar-refractivity contribution in [2.75, 3.05) is 52.7 Å². The third kappa shape index (κ3) is 10.3. The summed E-state index contributed by atoms with van der Waals surface area (Å²) in [7, 11) is -3.66. The van der Waals surface area contributed by atoms with E-state index in [9.17, 15) is 18.0 Å². The van der Waals surface area contributed by atoms with Crippen LogP contribution < -0.4 is 10.1 Å². The van der Waals surface area contributed by atoms with Crippen LogP contribution in [0.3, 0.4) is 0 Å². The molecule has 0 aromatic heterocycles. The molecule has 1 aliphatic rings. The van der Waals surface area contributed by atoms with E-state index in [1.54, 1.807) is 12.1 Å². The maximum Gasteiger partial charge on any atom is 0.261 e. The van der Waals surface area contributed by atoms with E-state index in [0.29, 0.717) is 69.7 Å². The van der Waals surface area contributed by atoms with E-state index in [1.807, 2.05) is 49.4 Å². The molecule has 1 heterocycles. The summed E-state index contributed by atoms with van der Waals surface area (Å²) in [6.45, 7) is 4.53. The molecule has 4 rings (SSSR count).